The van der Waals surface area contributed by atoms with Crippen LogP contribution in [-0.2, 0) is 9.63 Å². The fourth-order valence-electron chi connectivity index (χ4n) is 1.72. The molecule has 84 valence electrons. The van der Waals surface area contributed by atoms with Crippen molar-refractivity contribution in [2.75, 3.05) is 14.2 Å². The normalized spacial score (nSPS) is 22.2. The number of rotatable bonds is 1. The molecular formula is C11H12N2O3. The van der Waals surface area contributed by atoms with Gasteiger partial charge in [0.1, 0.15) is 7.11 Å². The Bertz CT molecular complexity index is 456. The van der Waals surface area contributed by atoms with Crippen LogP contribution in [0.4, 0.5) is 0 Å². The smallest absolute Gasteiger partial charge is 0.278 e. The molecule has 1 aliphatic rings. The maximum Gasteiger partial charge on any atom is 0.278 e. The van der Waals surface area contributed by atoms with E-state index in [1.165, 1.54) is 19.1 Å². The third kappa shape index (κ3) is 1.45. The van der Waals surface area contributed by atoms with Gasteiger partial charge in [-0.2, -0.15) is 0 Å². The highest BCUT2D eigenvalue weighted by molar-refractivity contribution is 6.46. The zero-order valence-electron chi connectivity index (χ0n) is 9.04. The van der Waals surface area contributed by atoms with Crippen molar-refractivity contribution in [3.05, 3.63) is 35.4 Å². The lowest BCUT2D eigenvalue weighted by Gasteiger charge is -2.30. The second kappa shape index (κ2) is 3.94. The summed E-state index contributed by atoms with van der Waals surface area (Å²) in [4.78, 5) is 17.7. The molecular weight excluding hydrogens is 208 g/mol. The molecule has 5 nitrogen and oxygen atoms in total. The molecule has 2 rings (SSSR count). The monoisotopic (exact) mass is 220 g/mol. The maximum absolute atomic E-state index is 11.8. The van der Waals surface area contributed by atoms with Crippen molar-refractivity contribution in [2.45, 2.75) is 6.23 Å². The Morgan fingerprint density at radius 3 is 2.81 bits per heavy atom. The minimum atomic E-state index is -0.931. The predicted octanol–water partition coefficient (Wildman–Crippen LogP) is 0.500. The molecule has 1 amide bonds. The first-order valence-corrected chi connectivity index (χ1v) is 4.82. The van der Waals surface area contributed by atoms with E-state index in [1.807, 2.05) is 0 Å². The van der Waals surface area contributed by atoms with Crippen LogP contribution >= 0.6 is 0 Å². The molecule has 0 saturated carbocycles. The fourth-order valence-corrected chi connectivity index (χ4v) is 1.72. The van der Waals surface area contributed by atoms with E-state index >= 15 is 0 Å². The van der Waals surface area contributed by atoms with Crippen LogP contribution in [0.3, 0.4) is 0 Å². The van der Waals surface area contributed by atoms with Crippen LogP contribution in [0.1, 0.15) is 17.4 Å². The van der Waals surface area contributed by atoms with Gasteiger partial charge in [0.15, 0.2) is 11.9 Å². The molecule has 1 atom stereocenters. The van der Waals surface area contributed by atoms with Crippen LogP contribution in [0.5, 0.6) is 0 Å². The van der Waals surface area contributed by atoms with Crippen LogP contribution in [0, 0.1) is 0 Å². The van der Waals surface area contributed by atoms with Crippen molar-refractivity contribution in [1.82, 2.24) is 4.90 Å². The summed E-state index contributed by atoms with van der Waals surface area (Å²) in [6.45, 7) is 0. The highest BCUT2D eigenvalue weighted by atomic mass is 16.6. The molecule has 1 aromatic rings. The van der Waals surface area contributed by atoms with Crippen molar-refractivity contribution >= 4 is 11.6 Å². The number of fused-ring (bicyclic) bond motifs is 1. The molecule has 16 heavy (non-hydrogen) atoms. The molecule has 0 radical (unpaired) electrons. The number of aliphatic hydroxyl groups is 1. The van der Waals surface area contributed by atoms with Gasteiger partial charge in [0.2, 0.25) is 0 Å². The first kappa shape index (κ1) is 10.6. The van der Waals surface area contributed by atoms with Gasteiger partial charge in [-0.1, -0.05) is 29.4 Å². The van der Waals surface area contributed by atoms with E-state index in [9.17, 15) is 9.90 Å². The lowest BCUT2D eigenvalue weighted by molar-refractivity contribution is -0.132. The van der Waals surface area contributed by atoms with Gasteiger partial charge in [-0.05, 0) is 0 Å². The number of oxime groups is 1. The molecule has 1 aliphatic heterocycles. The average Bonchev–Trinajstić information content (AvgIpc) is 2.32. The second-order valence-corrected chi connectivity index (χ2v) is 3.50. The average molecular weight is 220 g/mol. The lowest BCUT2D eigenvalue weighted by Crippen LogP contribution is -2.42. The summed E-state index contributed by atoms with van der Waals surface area (Å²) in [5.74, 6) is -0.354. The Labute approximate surface area is 92.9 Å². The van der Waals surface area contributed by atoms with Crippen molar-refractivity contribution in [3.8, 4) is 0 Å². The van der Waals surface area contributed by atoms with Gasteiger partial charge in [-0.3, -0.25) is 4.79 Å². The third-order valence-corrected chi connectivity index (χ3v) is 2.57. The Morgan fingerprint density at radius 1 is 1.44 bits per heavy atom. The van der Waals surface area contributed by atoms with Gasteiger partial charge in [0, 0.05) is 18.2 Å². The Morgan fingerprint density at radius 2 is 2.12 bits per heavy atom. The summed E-state index contributed by atoms with van der Waals surface area (Å²) in [5.41, 5.74) is 1.48. The van der Waals surface area contributed by atoms with Crippen molar-refractivity contribution < 1.29 is 14.7 Å². The van der Waals surface area contributed by atoms with E-state index in [4.69, 9.17) is 0 Å². The molecule has 0 saturated heterocycles. The number of amides is 1. The molecule has 1 unspecified atom stereocenters. The highest BCUT2D eigenvalue weighted by Gasteiger charge is 2.33. The van der Waals surface area contributed by atoms with E-state index in [1.54, 1.807) is 24.3 Å². The molecule has 1 aromatic carbocycles. The van der Waals surface area contributed by atoms with Crippen molar-refractivity contribution in [1.29, 1.82) is 0 Å². The van der Waals surface area contributed by atoms with E-state index in [2.05, 4.69) is 9.99 Å². The number of carbonyl (C=O) groups excluding carboxylic acids is 1. The second-order valence-electron chi connectivity index (χ2n) is 3.50. The summed E-state index contributed by atoms with van der Waals surface area (Å²) >= 11 is 0. The molecule has 0 spiro atoms. The number of nitrogens with zero attached hydrogens (tertiary/aromatic N) is 2. The van der Waals surface area contributed by atoms with Crippen LogP contribution in [0.15, 0.2) is 29.4 Å². The maximum atomic E-state index is 11.8. The van der Waals surface area contributed by atoms with Crippen LogP contribution < -0.4 is 0 Å². The quantitative estimate of drug-likeness (QED) is 0.701. The standard InChI is InChI=1S/C11H12N2O3/c1-13-10(14)8-6-4-3-5-7(8)9(11(13)15)12-16-2/h3-6,10,14H,1-2H3/b12-9+. The molecule has 5 heteroatoms. The Hall–Kier alpha value is -1.88. The topological polar surface area (TPSA) is 62.1 Å². The SMILES string of the molecule is CO/N=C1/C(=O)N(C)C(O)c2ccccc21. The van der Waals surface area contributed by atoms with E-state index in [0.717, 1.165) is 0 Å². The van der Waals surface area contributed by atoms with Crippen molar-refractivity contribution in [3.63, 3.8) is 0 Å². The van der Waals surface area contributed by atoms with Gasteiger partial charge in [0.25, 0.3) is 5.91 Å². The first-order chi connectivity index (χ1) is 7.66. The molecule has 0 aromatic heterocycles. The van der Waals surface area contributed by atoms with E-state index < -0.39 is 6.23 Å². The Balaban J connectivity index is 2.61. The highest BCUT2D eigenvalue weighted by Crippen LogP contribution is 2.27. The Kier molecular flexibility index (Phi) is 2.62. The van der Waals surface area contributed by atoms with Gasteiger partial charge >= 0.3 is 0 Å². The van der Waals surface area contributed by atoms with Crippen LogP contribution in [0.25, 0.3) is 0 Å². The molecule has 1 N–H and O–H groups in total. The zero-order valence-corrected chi connectivity index (χ0v) is 9.04. The largest absolute Gasteiger partial charge is 0.398 e. The molecule has 0 aliphatic carbocycles. The minimum Gasteiger partial charge on any atom is -0.398 e. The fraction of sp³-hybridized carbons (Fsp3) is 0.273. The number of carbonyl (C=O) groups is 1. The van der Waals surface area contributed by atoms with Gasteiger partial charge in [0.05, 0.1) is 0 Å². The van der Waals surface area contributed by atoms with E-state index in [-0.39, 0.29) is 11.6 Å². The van der Waals surface area contributed by atoms with Gasteiger partial charge in [-0.25, -0.2) is 0 Å². The summed E-state index contributed by atoms with van der Waals surface area (Å²) in [7, 11) is 2.90. The lowest BCUT2D eigenvalue weighted by atomic mass is 9.96. The van der Waals surface area contributed by atoms with Crippen molar-refractivity contribution in [2.24, 2.45) is 5.16 Å². The zero-order chi connectivity index (χ0) is 11.7. The number of aliphatic hydroxyl groups excluding tert-OH is 1. The molecule has 0 bridgehead atoms. The first-order valence-electron chi connectivity index (χ1n) is 4.82. The summed E-state index contributed by atoms with van der Waals surface area (Å²) < 4.78 is 0. The summed E-state index contributed by atoms with van der Waals surface area (Å²) in [6.07, 6.45) is -0.931. The molecule has 1 heterocycles. The minimum absolute atomic E-state index is 0.214. The van der Waals surface area contributed by atoms with Crippen LogP contribution in [0.2, 0.25) is 0 Å². The number of hydrogen-bond donors (Lipinski definition) is 1. The summed E-state index contributed by atoms with van der Waals surface area (Å²) in [6, 6.07) is 7.08. The number of hydrogen-bond acceptors (Lipinski definition) is 4. The van der Waals surface area contributed by atoms with Gasteiger partial charge in [-0.15, -0.1) is 0 Å². The van der Waals surface area contributed by atoms with Gasteiger partial charge < -0.3 is 14.8 Å². The van der Waals surface area contributed by atoms with Crippen LogP contribution in [-0.4, -0.2) is 35.8 Å². The van der Waals surface area contributed by atoms with E-state index in [0.29, 0.717) is 11.1 Å². The predicted molar refractivity (Wildman–Crippen MR) is 57.7 cm³/mol. The number of benzene rings is 1. The molecule has 0 fully saturated rings. The summed E-state index contributed by atoms with van der Waals surface area (Å²) in [5, 5.41) is 13.6. The number of likely N-dealkylation sites (N-methyl/N-ethyl adjacent to an activating group) is 1. The third-order valence-electron chi connectivity index (χ3n) is 2.57.